The number of para-hydroxylation sites is 3. The maximum absolute atomic E-state index is 7.80. The van der Waals surface area contributed by atoms with Crippen LogP contribution in [-0.2, 0) is 5.41 Å². The molecule has 15 rings (SSSR count). The van der Waals surface area contributed by atoms with Crippen LogP contribution in [0.2, 0.25) is 0 Å². The Hall–Kier alpha value is -9.21. The highest BCUT2D eigenvalue weighted by atomic mass is 32.2. The molecule has 5 aromatic heterocycles. The van der Waals surface area contributed by atoms with Crippen LogP contribution in [0, 0.1) is 13.1 Å². The molecule has 1 aliphatic carbocycles. The van der Waals surface area contributed by atoms with Crippen molar-refractivity contribution in [2.45, 2.75) is 15.2 Å². The fourth-order valence-electron chi connectivity index (χ4n) is 11.9. The fourth-order valence-corrected chi connectivity index (χ4v) is 13.1. The lowest BCUT2D eigenvalue weighted by atomic mass is 9.67. The highest BCUT2D eigenvalue weighted by molar-refractivity contribution is 7.99. The Labute approximate surface area is 399 Å². The van der Waals surface area contributed by atoms with Gasteiger partial charge in [-0.2, -0.15) is 0 Å². The van der Waals surface area contributed by atoms with E-state index in [1.807, 2.05) is 48.8 Å². The molecule has 0 saturated carbocycles. The van der Waals surface area contributed by atoms with Gasteiger partial charge in [0.15, 0.2) is 11.4 Å². The minimum Gasteiger partial charge on any atom is -0.309 e. The van der Waals surface area contributed by atoms with Crippen LogP contribution in [0.25, 0.3) is 104 Å². The molecule has 69 heavy (non-hydrogen) atoms. The van der Waals surface area contributed by atoms with Gasteiger partial charge in [-0.05, 0) is 130 Å². The van der Waals surface area contributed by atoms with E-state index in [4.69, 9.17) is 23.1 Å². The Bertz CT molecular complexity index is 4350. The van der Waals surface area contributed by atoms with Crippen LogP contribution in [0.15, 0.2) is 210 Å². The number of benzene rings is 8. The fraction of sp³-hybridized carbons (Fsp3) is 0.0164. The van der Waals surface area contributed by atoms with E-state index in [9.17, 15) is 0 Å². The van der Waals surface area contributed by atoms with Crippen LogP contribution in [0.5, 0.6) is 0 Å². The van der Waals surface area contributed by atoms with Crippen molar-refractivity contribution in [1.29, 1.82) is 0 Å². The summed E-state index contributed by atoms with van der Waals surface area (Å²) in [5.74, 6) is 0. The molecule has 0 fully saturated rings. The van der Waals surface area contributed by atoms with E-state index < -0.39 is 5.41 Å². The molecule has 13 aromatic rings. The third-order valence-electron chi connectivity index (χ3n) is 14.6. The predicted molar refractivity (Wildman–Crippen MR) is 279 cm³/mol. The predicted octanol–water partition coefficient (Wildman–Crippen LogP) is 15.7. The van der Waals surface area contributed by atoms with Crippen molar-refractivity contribution in [2.75, 3.05) is 0 Å². The summed E-state index contributed by atoms with van der Waals surface area (Å²) in [7, 11) is 0. The highest BCUT2D eigenvalue weighted by Crippen LogP contribution is 2.62. The Morgan fingerprint density at radius 1 is 0.362 bits per heavy atom. The average Bonchev–Trinajstić information content (AvgIpc) is 4.12. The van der Waals surface area contributed by atoms with Gasteiger partial charge in [-0.15, -0.1) is 0 Å². The van der Waals surface area contributed by atoms with Crippen LogP contribution < -0.4 is 0 Å². The molecule has 7 nitrogen and oxygen atoms in total. The van der Waals surface area contributed by atoms with E-state index in [1.54, 1.807) is 11.8 Å². The zero-order valence-corrected chi connectivity index (χ0v) is 37.4. The molecule has 0 saturated heterocycles. The number of rotatable bonds is 3. The second kappa shape index (κ2) is 13.9. The van der Waals surface area contributed by atoms with E-state index in [1.165, 1.54) is 43.7 Å². The van der Waals surface area contributed by atoms with Gasteiger partial charge in [0.1, 0.15) is 0 Å². The van der Waals surface area contributed by atoms with Crippen molar-refractivity contribution in [1.82, 2.24) is 23.7 Å². The third-order valence-corrected chi connectivity index (χ3v) is 15.7. The Morgan fingerprint density at radius 2 is 0.754 bits per heavy atom. The molecular weight excluding hydrogens is 863 g/mol. The maximum atomic E-state index is 7.80. The standard InChI is InChI=1S/C61H33N7S/c1-62-36-19-26-54-44(31-36)45-32-37(63-2)20-27-55(45)68(54)40-22-25-48-58(35-40)69-57-34-39(21-24-47(57)61(48)49-14-9-29-64-59(49)60-50(61)15-10-30-65-60)67-53-18-8-5-13-43(53)46-33-38(23-28-56(46)67)66-51-16-6-3-11-41(51)42-12-4-7-17-52(42)66/h3-35H. The normalized spacial score (nSPS) is 13.2. The van der Waals surface area contributed by atoms with Crippen molar-refractivity contribution in [3.05, 3.63) is 246 Å². The summed E-state index contributed by atoms with van der Waals surface area (Å²) in [6, 6.07) is 67.2. The summed E-state index contributed by atoms with van der Waals surface area (Å²) in [6.45, 7) is 15.6. The molecule has 0 unspecified atom stereocenters. The quantitative estimate of drug-likeness (QED) is 0.166. The second-order valence-electron chi connectivity index (χ2n) is 17.9. The summed E-state index contributed by atoms with van der Waals surface area (Å²) < 4.78 is 7.09. The Balaban J connectivity index is 0.964. The minimum atomic E-state index is -0.686. The van der Waals surface area contributed by atoms with Crippen LogP contribution in [0.3, 0.4) is 0 Å². The molecule has 8 aromatic carbocycles. The summed E-state index contributed by atoms with van der Waals surface area (Å²) in [4.78, 5) is 19.8. The van der Waals surface area contributed by atoms with Gasteiger partial charge in [0.25, 0.3) is 0 Å². The summed E-state index contributed by atoms with van der Waals surface area (Å²) >= 11 is 1.80. The molecule has 0 radical (unpaired) electrons. The number of nitrogens with zero attached hydrogens (tertiary/aromatic N) is 7. The van der Waals surface area contributed by atoms with Gasteiger partial charge in [-0.3, -0.25) is 9.97 Å². The number of hydrogen-bond acceptors (Lipinski definition) is 3. The topological polar surface area (TPSA) is 49.3 Å². The molecule has 8 heteroatoms. The van der Waals surface area contributed by atoms with Crippen LogP contribution in [-0.4, -0.2) is 23.7 Å². The van der Waals surface area contributed by atoms with Crippen molar-refractivity contribution in [2.24, 2.45) is 0 Å². The monoisotopic (exact) mass is 895 g/mol. The third kappa shape index (κ3) is 5.00. The molecule has 0 bridgehead atoms. The van der Waals surface area contributed by atoms with Crippen LogP contribution in [0.4, 0.5) is 11.4 Å². The number of pyridine rings is 2. The lowest BCUT2D eigenvalue weighted by Crippen LogP contribution is -2.32. The van der Waals surface area contributed by atoms with Gasteiger partial charge in [0, 0.05) is 60.8 Å². The first kappa shape index (κ1) is 38.0. The minimum absolute atomic E-state index is 0.567. The average molecular weight is 896 g/mol. The first-order chi connectivity index (χ1) is 34.1. The Kier molecular flexibility index (Phi) is 7.65. The van der Waals surface area contributed by atoms with E-state index in [0.717, 1.165) is 82.2 Å². The molecule has 1 aliphatic heterocycles. The molecule has 0 amide bonds. The maximum Gasteiger partial charge on any atom is 0.188 e. The van der Waals surface area contributed by atoms with E-state index in [0.29, 0.717) is 11.4 Å². The molecule has 0 atom stereocenters. The number of fused-ring (bicyclic) bond motifs is 18. The second-order valence-corrected chi connectivity index (χ2v) is 19.0. The SMILES string of the molecule is [C-]#[N+]c1ccc2c(c1)c1cc([N+]#[C-])ccc1n2-c1ccc2c(c1)Sc1cc(-n3c4ccccc4c4cc(-n5c6ccccc6c6ccccc65)ccc43)ccc1C21c2cccnc2-c2ncccc21. The van der Waals surface area contributed by atoms with E-state index >= 15 is 0 Å². The molecular formula is C61H33N7S. The largest absolute Gasteiger partial charge is 0.309 e. The highest BCUT2D eigenvalue weighted by Gasteiger charge is 2.51. The lowest BCUT2D eigenvalue weighted by molar-refractivity contribution is 0.718. The van der Waals surface area contributed by atoms with Gasteiger partial charge in [0.2, 0.25) is 0 Å². The number of hydrogen-bond donors (Lipinski definition) is 0. The lowest BCUT2D eigenvalue weighted by Gasteiger charge is -2.39. The summed E-state index contributed by atoms with van der Waals surface area (Å²) in [5.41, 5.74) is 16.7. The van der Waals surface area contributed by atoms with Gasteiger partial charge in [-0.1, -0.05) is 103 Å². The molecule has 2 aliphatic rings. The van der Waals surface area contributed by atoms with Crippen molar-refractivity contribution < 1.29 is 0 Å². The first-order valence-corrected chi connectivity index (χ1v) is 23.7. The molecule has 0 N–H and O–H groups in total. The smallest absolute Gasteiger partial charge is 0.188 e. The molecule has 6 heterocycles. The van der Waals surface area contributed by atoms with Gasteiger partial charge in [0.05, 0.1) is 63.0 Å². The van der Waals surface area contributed by atoms with Crippen LogP contribution >= 0.6 is 11.8 Å². The Morgan fingerprint density at radius 3 is 1.23 bits per heavy atom. The summed E-state index contributed by atoms with van der Waals surface area (Å²) in [5, 5.41) is 6.77. The van der Waals surface area contributed by atoms with E-state index in [-0.39, 0.29) is 0 Å². The zero-order valence-electron chi connectivity index (χ0n) is 36.6. The van der Waals surface area contributed by atoms with E-state index in [2.05, 4.69) is 175 Å². The summed E-state index contributed by atoms with van der Waals surface area (Å²) in [6.07, 6.45) is 3.75. The van der Waals surface area contributed by atoms with Gasteiger partial charge < -0.3 is 13.7 Å². The first-order valence-electron chi connectivity index (χ1n) is 22.9. The molecule has 1 spiro atoms. The number of aromatic nitrogens is 5. The molecule has 318 valence electrons. The van der Waals surface area contributed by atoms with Gasteiger partial charge >= 0.3 is 0 Å². The van der Waals surface area contributed by atoms with Crippen LogP contribution in [0.1, 0.15) is 22.3 Å². The van der Waals surface area contributed by atoms with Crippen molar-refractivity contribution in [3.8, 4) is 28.5 Å². The van der Waals surface area contributed by atoms with Crippen molar-refractivity contribution in [3.63, 3.8) is 0 Å². The van der Waals surface area contributed by atoms with Crippen molar-refractivity contribution >= 4 is 88.6 Å². The van der Waals surface area contributed by atoms with Gasteiger partial charge in [-0.25, -0.2) is 9.69 Å². The zero-order chi connectivity index (χ0) is 45.5.